The highest BCUT2D eigenvalue weighted by molar-refractivity contribution is 5.53. The highest BCUT2D eigenvalue weighted by atomic mass is 16.6. The molecule has 0 saturated heterocycles. The fraction of sp³-hybridized carbons (Fsp3) is 0.133. The second kappa shape index (κ2) is 5.41. The van der Waals surface area contributed by atoms with E-state index in [-0.39, 0.29) is 11.4 Å². The van der Waals surface area contributed by atoms with Crippen molar-refractivity contribution in [1.82, 2.24) is 0 Å². The van der Waals surface area contributed by atoms with Crippen LogP contribution in [0, 0.1) is 35.3 Å². The second-order valence-electron chi connectivity index (χ2n) is 4.44. The number of nitro groups is 1. The summed E-state index contributed by atoms with van der Waals surface area (Å²) in [5.74, 6) is 0.446. The van der Waals surface area contributed by atoms with Crippen molar-refractivity contribution in [3.05, 3.63) is 63.2 Å². The Hall–Kier alpha value is -2.87. The van der Waals surface area contributed by atoms with Crippen molar-refractivity contribution in [1.29, 1.82) is 5.26 Å². The number of ether oxygens (including phenoxy) is 1. The largest absolute Gasteiger partial charge is 0.449 e. The van der Waals surface area contributed by atoms with Crippen LogP contribution in [-0.4, -0.2) is 4.92 Å². The third-order valence-corrected chi connectivity index (χ3v) is 2.79. The maximum atomic E-state index is 11.0. The molecule has 5 heteroatoms. The molecule has 2 rings (SSSR count). The zero-order valence-electron chi connectivity index (χ0n) is 11.1. The molecule has 0 heterocycles. The molecule has 0 atom stereocenters. The molecule has 0 bridgehead atoms. The van der Waals surface area contributed by atoms with Gasteiger partial charge in [-0.05, 0) is 43.2 Å². The smallest absolute Gasteiger partial charge is 0.311 e. The lowest BCUT2D eigenvalue weighted by molar-refractivity contribution is -0.385. The van der Waals surface area contributed by atoms with Crippen LogP contribution in [0.4, 0.5) is 5.69 Å². The number of nitriles is 1. The first-order valence-corrected chi connectivity index (χ1v) is 5.95. The van der Waals surface area contributed by atoms with Crippen molar-refractivity contribution in [3.63, 3.8) is 0 Å². The summed E-state index contributed by atoms with van der Waals surface area (Å²) < 4.78 is 5.56. The molecule has 2 aromatic rings. The molecule has 0 spiro atoms. The summed E-state index contributed by atoms with van der Waals surface area (Å²) in [4.78, 5) is 10.6. The minimum atomic E-state index is -0.496. The molecule has 0 aliphatic rings. The summed E-state index contributed by atoms with van der Waals surface area (Å²) in [6.07, 6.45) is 0. The van der Waals surface area contributed by atoms with Gasteiger partial charge in [-0.2, -0.15) is 5.26 Å². The molecule has 5 nitrogen and oxygen atoms in total. The first-order chi connectivity index (χ1) is 9.51. The van der Waals surface area contributed by atoms with E-state index >= 15 is 0 Å². The zero-order valence-corrected chi connectivity index (χ0v) is 11.1. The molecular weight excluding hydrogens is 256 g/mol. The van der Waals surface area contributed by atoms with Crippen molar-refractivity contribution in [3.8, 4) is 17.6 Å². The topological polar surface area (TPSA) is 76.2 Å². The molecule has 0 aromatic heterocycles. The van der Waals surface area contributed by atoms with Gasteiger partial charge < -0.3 is 4.74 Å². The van der Waals surface area contributed by atoms with E-state index in [9.17, 15) is 10.1 Å². The Morgan fingerprint density at radius 2 is 1.75 bits per heavy atom. The van der Waals surface area contributed by atoms with Crippen molar-refractivity contribution in [2.75, 3.05) is 0 Å². The summed E-state index contributed by atoms with van der Waals surface area (Å²) >= 11 is 0. The van der Waals surface area contributed by atoms with Gasteiger partial charge in [0.05, 0.1) is 10.5 Å². The summed E-state index contributed by atoms with van der Waals surface area (Å²) in [5.41, 5.74) is 1.91. The Balaban J connectivity index is 2.48. The fourth-order valence-corrected chi connectivity index (χ4v) is 1.78. The number of benzene rings is 2. The predicted octanol–water partition coefficient (Wildman–Crippen LogP) is 3.88. The van der Waals surface area contributed by atoms with Gasteiger partial charge in [0, 0.05) is 6.07 Å². The highest BCUT2D eigenvalue weighted by Gasteiger charge is 2.17. The first-order valence-electron chi connectivity index (χ1n) is 5.95. The van der Waals surface area contributed by atoms with E-state index in [0.717, 1.165) is 11.1 Å². The van der Waals surface area contributed by atoms with E-state index < -0.39 is 4.92 Å². The van der Waals surface area contributed by atoms with E-state index in [1.807, 2.05) is 13.0 Å². The molecule has 0 saturated carbocycles. The van der Waals surface area contributed by atoms with Gasteiger partial charge in [-0.15, -0.1) is 0 Å². The number of aryl methyl sites for hydroxylation is 2. The van der Waals surface area contributed by atoms with Crippen LogP contribution in [-0.2, 0) is 0 Å². The summed E-state index contributed by atoms with van der Waals surface area (Å²) in [6, 6.07) is 11.8. The lowest BCUT2D eigenvalue weighted by atomic mass is 10.1. The van der Waals surface area contributed by atoms with Gasteiger partial charge in [0.15, 0.2) is 0 Å². The first kappa shape index (κ1) is 13.6. The normalized spacial score (nSPS) is 9.85. The molecule has 20 heavy (non-hydrogen) atoms. The van der Waals surface area contributed by atoms with Crippen LogP contribution in [0.15, 0.2) is 36.4 Å². The molecule has 0 N–H and O–H groups in total. The summed E-state index contributed by atoms with van der Waals surface area (Å²) in [6.45, 7) is 3.63. The van der Waals surface area contributed by atoms with Crippen LogP contribution in [0.5, 0.6) is 11.5 Å². The van der Waals surface area contributed by atoms with E-state index in [1.54, 1.807) is 31.2 Å². The Morgan fingerprint density at radius 3 is 2.40 bits per heavy atom. The molecule has 0 radical (unpaired) electrons. The number of rotatable bonds is 3. The third-order valence-electron chi connectivity index (χ3n) is 2.79. The van der Waals surface area contributed by atoms with Crippen LogP contribution in [0.3, 0.4) is 0 Å². The molecule has 0 aliphatic carbocycles. The molecule has 2 aromatic carbocycles. The maximum Gasteiger partial charge on any atom is 0.311 e. The molecule has 0 unspecified atom stereocenters. The lowest BCUT2D eigenvalue weighted by Gasteiger charge is -2.09. The number of hydrogen-bond donors (Lipinski definition) is 0. The van der Waals surface area contributed by atoms with Crippen molar-refractivity contribution >= 4 is 5.69 Å². The van der Waals surface area contributed by atoms with Crippen molar-refractivity contribution in [2.24, 2.45) is 0 Å². The van der Waals surface area contributed by atoms with Gasteiger partial charge in [-0.25, -0.2) is 0 Å². The quantitative estimate of drug-likeness (QED) is 0.625. The van der Waals surface area contributed by atoms with Gasteiger partial charge in [-0.1, -0.05) is 12.1 Å². The minimum Gasteiger partial charge on any atom is -0.449 e. The fourth-order valence-electron chi connectivity index (χ4n) is 1.78. The zero-order chi connectivity index (χ0) is 14.7. The van der Waals surface area contributed by atoms with Gasteiger partial charge in [0.25, 0.3) is 0 Å². The maximum absolute atomic E-state index is 11.0. The SMILES string of the molecule is Cc1ccc(C#N)c(Oc2ccc(C)cc2[N+](=O)[O-])c1. The number of nitro benzene ring substituents is 1. The summed E-state index contributed by atoms with van der Waals surface area (Å²) in [5, 5.41) is 20.1. The van der Waals surface area contributed by atoms with E-state index in [2.05, 4.69) is 0 Å². The minimum absolute atomic E-state index is 0.115. The Kier molecular flexibility index (Phi) is 3.67. The van der Waals surface area contributed by atoms with Gasteiger partial charge in [0.1, 0.15) is 11.8 Å². The average molecular weight is 268 g/mol. The Labute approximate surface area is 116 Å². The Morgan fingerprint density at radius 1 is 1.10 bits per heavy atom. The molecule has 100 valence electrons. The predicted molar refractivity (Wildman–Crippen MR) is 73.8 cm³/mol. The van der Waals surface area contributed by atoms with Crippen LogP contribution in [0.2, 0.25) is 0 Å². The van der Waals surface area contributed by atoms with Gasteiger partial charge in [0.2, 0.25) is 5.75 Å². The summed E-state index contributed by atoms with van der Waals surface area (Å²) in [7, 11) is 0. The number of nitrogens with zero attached hydrogens (tertiary/aromatic N) is 2. The third kappa shape index (κ3) is 2.75. The highest BCUT2D eigenvalue weighted by Crippen LogP contribution is 2.33. The van der Waals surface area contributed by atoms with Crippen LogP contribution in [0.1, 0.15) is 16.7 Å². The monoisotopic (exact) mass is 268 g/mol. The van der Waals surface area contributed by atoms with Crippen molar-refractivity contribution in [2.45, 2.75) is 13.8 Å². The van der Waals surface area contributed by atoms with Gasteiger partial charge >= 0.3 is 5.69 Å². The number of hydrogen-bond acceptors (Lipinski definition) is 4. The van der Waals surface area contributed by atoms with Crippen LogP contribution in [0.25, 0.3) is 0 Å². The molecule has 0 fully saturated rings. The van der Waals surface area contributed by atoms with Gasteiger partial charge in [-0.3, -0.25) is 10.1 Å². The lowest BCUT2D eigenvalue weighted by Crippen LogP contribution is -1.95. The van der Waals surface area contributed by atoms with E-state index in [1.165, 1.54) is 12.1 Å². The standard InChI is InChI=1S/C15H12N2O3/c1-10-4-6-14(13(7-10)17(18)19)20-15-8-11(2)3-5-12(15)9-16/h3-8H,1-2H3. The average Bonchev–Trinajstić information content (AvgIpc) is 2.41. The second-order valence-corrected chi connectivity index (χ2v) is 4.44. The van der Waals surface area contributed by atoms with Crippen LogP contribution < -0.4 is 4.74 Å². The van der Waals surface area contributed by atoms with E-state index in [4.69, 9.17) is 10.00 Å². The Bertz CT molecular complexity index is 718. The molecular formula is C15H12N2O3. The van der Waals surface area contributed by atoms with Crippen molar-refractivity contribution < 1.29 is 9.66 Å². The molecule has 0 amide bonds. The molecule has 0 aliphatic heterocycles. The van der Waals surface area contributed by atoms with E-state index in [0.29, 0.717) is 11.3 Å². The van der Waals surface area contributed by atoms with Crippen LogP contribution >= 0.6 is 0 Å².